The molecule has 0 bridgehead atoms. The van der Waals surface area contributed by atoms with E-state index in [4.69, 9.17) is 21.4 Å². The molecule has 1 fully saturated rings. The van der Waals surface area contributed by atoms with Crippen LogP contribution in [-0.2, 0) is 17.9 Å². The predicted octanol–water partition coefficient (Wildman–Crippen LogP) is 5.71. The maximum atomic E-state index is 15.2. The van der Waals surface area contributed by atoms with Gasteiger partial charge >= 0.3 is 6.61 Å². The molecule has 1 amide bonds. The van der Waals surface area contributed by atoms with Gasteiger partial charge in [0.1, 0.15) is 5.75 Å². The van der Waals surface area contributed by atoms with E-state index in [9.17, 15) is 13.6 Å². The molecule has 2 aromatic heterocycles. The van der Waals surface area contributed by atoms with Crippen molar-refractivity contribution in [2.75, 3.05) is 25.0 Å². The van der Waals surface area contributed by atoms with Gasteiger partial charge in [-0.1, -0.05) is 35.9 Å². The van der Waals surface area contributed by atoms with Crippen molar-refractivity contribution in [1.82, 2.24) is 25.9 Å². The lowest BCUT2D eigenvalue weighted by molar-refractivity contribution is -0.119. The number of nitrogens with zero attached hydrogens (tertiary/aromatic N) is 2. The highest BCUT2D eigenvalue weighted by molar-refractivity contribution is 6.35. The number of rotatable bonds is 14. The zero-order chi connectivity index (χ0) is 32.6. The molecule has 1 aliphatic heterocycles. The van der Waals surface area contributed by atoms with Gasteiger partial charge in [0.25, 0.3) is 0 Å². The molecule has 5 N–H and O–H groups in total. The standard InChI is InChI=1S/C33H34ClF3N6O3/c1-19-24(3-2-4-26(19)43-32-30(35)22(9-11-41-32)17-38-13-14-44)25-10-12-40-31(29(25)34)20-5-6-21(27(15-20)46-33(36)37)16-39-18-23-7-8-28(45)42-23/h2-6,9-12,15,23,33,38-39,44H,7-8,13-14,16-18H2,1H3,(H,41,43)(H,42,45)/t23-/m1/s1. The van der Waals surface area contributed by atoms with Crippen molar-refractivity contribution < 1.29 is 27.8 Å². The molecule has 0 aliphatic carbocycles. The summed E-state index contributed by atoms with van der Waals surface area (Å²) >= 11 is 6.92. The molecule has 0 unspecified atom stereocenters. The van der Waals surface area contributed by atoms with Crippen LogP contribution in [0.2, 0.25) is 5.02 Å². The van der Waals surface area contributed by atoms with E-state index in [0.29, 0.717) is 58.2 Å². The van der Waals surface area contributed by atoms with Gasteiger partial charge in [-0.3, -0.25) is 9.78 Å². The van der Waals surface area contributed by atoms with Crippen molar-refractivity contribution >= 4 is 29.0 Å². The Morgan fingerprint density at radius 2 is 1.87 bits per heavy atom. The van der Waals surface area contributed by atoms with E-state index in [-0.39, 0.29) is 43.2 Å². The number of aliphatic hydroxyl groups is 1. The molecule has 13 heteroatoms. The fraction of sp³-hybridized carbons (Fsp3) is 0.303. The first kappa shape index (κ1) is 33.1. The third-order valence-electron chi connectivity index (χ3n) is 7.69. The van der Waals surface area contributed by atoms with Gasteiger partial charge in [-0.2, -0.15) is 8.78 Å². The molecule has 0 spiro atoms. The van der Waals surface area contributed by atoms with Crippen LogP contribution in [-0.4, -0.2) is 53.3 Å². The fourth-order valence-corrected chi connectivity index (χ4v) is 5.64. The van der Waals surface area contributed by atoms with Gasteiger partial charge in [-0.25, -0.2) is 9.37 Å². The van der Waals surface area contributed by atoms with Gasteiger partial charge in [0.2, 0.25) is 5.91 Å². The van der Waals surface area contributed by atoms with Gasteiger partial charge in [-0.05, 0) is 48.7 Å². The quantitative estimate of drug-likeness (QED) is 0.110. The van der Waals surface area contributed by atoms with Crippen molar-refractivity contribution in [1.29, 1.82) is 0 Å². The third kappa shape index (κ3) is 7.94. The van der Waals surface area contributed by atoms with E-state index in [0.717, 1.165) is 17.5 Å². The maximum absolute atomic E-state index is 15.2. The second kappa shape index (κ2) is 15.4. The summed E-state index contributed by atoms with van der Waals surface area (Å²) in [7, 11) is 0. The number of amides is 1. The summed E-state index contributed by atoms with van der Waals surface area (Å²) in [4.78, 5) is 20.1. The van der Waals surface area contributed by atoms with Crippen LogP contribution in [0.4, 0.5) is 24.7 Å². The van der Waals surface area contributed by atoms with Crippen LogP contribution >= 0.6 is 11.6 Å². The number of anilines is 2. The number of benzene rings is 2. The Bertz CT molecular complexity index is 1690. The molecule has 4 aromatic rings. The number of hydrogen-bond donors (Lipinski definition) is 5. The van der Waals surface area contributed by atoms with Crippen molar-refractivity contribution in [2.45, 2.75) is 45.5 Å². The average molecular weight is 655 g/mol. The van der Waals surface area contributed by atoms with Crippen LogP contribution in [0.1, 0.15) is 29.5 Å². The molecule has 1 atom stereocenters. The van der Waals surface area contributed by atoms with Crippen LogP contribution < -0.4 is 26.0 Å². The van der Waals surface area contributed by atoms with Gasteiger partial charge in [0.05, 0.1) is 17.3 Å². The van der Waals surface area contributed by atoms with Gasteiger partial charge in [0, 0.05) is 79.0 Å². The monoisotopic (exact) mass is 654 g/mol. The Hall–Kier alpha value is -4.23. The van der Waals surface area contributed by atoms with Gasteiger partial charge < -0.3 is 31.1 Å². The highest BCUT2D eigenvalue weighted by Crippen LogP contribution is 2.39. The van der Waals surface area contributed by atoms with E-state index < -0.39 is 12.4 Å². The van der Waals surface area contributed by atoms with E-state index in [2.05, 4.69) is 31.2 Å². The summed E-state index contributed by atoms with van der Waals surface area (Å²) in [5.74, 6) is -0.459. The smallest absolute Gasteiger partial charge is 0.387 e. The molecule has 1 aliphatic rings. The summed E-state index contributed by atoms with van der Waals surface area (Å²) in [6.45, 7) is 0.107. The summed E-state index contributed by atoms with van der Waals surface area (Å²) in [6.07, 6.45) is 4.28. The van der Waals surface area contributed by atoms with Crippen LogP contribution in [0.15, 0.2) is 60.9 Å². The normalized spacial score (nSPS) is 14.5. The number of alkyl halides is 2. The number of ether oxygens (including phenoxy) is 1. The number of aliphatic hydroxyl groups excluding tert-OH is 1. The molecule has 9 nitrogen and oxygen atoms in total. The molecular formula is C33H34ClF3N6O3. The minimum Gasteiger partial charge on any atom is -0.434 e. The Kier molecular flexibility index (Phi) is 11.1. The first-order valence-electron chi connectivity index (χ1n) is 14.8. The lowest BCUT2D eigenvalue weighted by Crippen LogP contribution is -2.35. The predicted molar refractivity (Wildman–Crippen MR) is 171 cm³/mol. The lowest BCUT2D eigenvalue weighted by atomic mass is 9.97. The third-order valence-corrected chi connectivity index (χ3v) is 8.07. The summed E-state index contributed by atoms with van der Waals surface area (Å²) in [5.41, 5.74) is 4.56. The summed E-state index contributed by atoms with van der Waals surface area (Å²) < 4.78 is 46.8. The SMILES string of the molecule is Cc1c(Nc2nccc(CNCCO)c2F)cccc1-c1ccnc(-c2ccc(CNC[C@H]3CCC(=O)N3)c(OC(F)F)c2)c1Cl. The molecule has 0 radical (unpaired) electrons. The van der Waals surface area contributed by atoms with E-state index >= 15 is 4.39 Å². The van der Waals surface area contributed by atoms with E-state index in [1.165, 1.54) is 12.3 Å². The summed E-state index contributed by atoms with van der Waals surface area (Å²) in [6, 6.07) is 13.7. The highest BCUT2D eigenvalue weighted by atomic mass is 35.5. The van der Waals surface area contributed by atoms with Crippen molar-refractivity contribution in [3.63, 3.8) is 0 Å². The average Bonchev–Trinajstić information content (AvgIpc) is 3.45. The topological polar surface area (TPSA) is 120 Å². The van der Waals surface area contributed by atoms with Crippen LogP contribution in [0, 0.1) is 12.7 Å². The van der Waals surface area contributed by atoms with E-state index in [1.54, 1.807) is 42.6 Å². The Labute approximate surface area is 269 Å². The molecule has 1 saturated heterocycles. The van der Waals surface area contributed by atoms with Crippen LogP contribution in [0.3, 0.4) is 0 Å². The minimum absolute atomic E-state index is 0.00221. The van der Waals surface area contributed by atoms with Crippen LogP contribution in [0.5, 0.6) is 5.75 Å². The van der Waals surface area contributed by atoms with Gasteiger partial charge in [0.15, 0.2) is 11.6 Å². The second-order valence-corrected chi connectivity index (χ2v) is 11.2. The van der Waals surface area contributed by atoms with Crippen molar-refractivity contribution in [3.8, 4) is 28.1 Å². The minimum atomic E-state index is -3.03. The number of pyridine rings is 2. The Morgan fingerprint density at radius 1 is 1.07 bits per heavy atom. The fourth-order valence-electron chi connectivity index (χ4n) is 5.32. The Morgan fingerprint density at radius 3 is 2.63 bits per heavy atom. The zero-order valence-electron chi connectivity index (χ0n) is 25.0. The molecular weight excluding hydrogens is 621 g/mol. The number of hydrogen-bond acceptors (Lipinski definition) is 8. The molecule has 5 rings (SSSR count). The molecule has 46 heavy (non-hydrogen) atoms. The molecule has 0 saturated carbocycles. The number of carbonyl (C=O) groups is 1. The number of halogens is 4. The zero-order valence-corrected chi connectivity index (χ0v) is 25.8. The Balaban J connectivity index is 1.39. The number of carbonyl (C=O) groups excluding carboxylic acids is 1. The first-order valence-corrected chi connectivity index (χ1v) is 15.2. The molecule has 242 valence electrons. The van der Waals surface area contributed by atoms with Crippen molar-refractivity contribution in [2.24, 2.45) is 0 Å². The second-order valence-electron chi connectivity index (χ2n) is 10.8. The molecule has 3 heterocycles. The van der Waals surface area contributed by atoms with E-state index in [1.807, 2.05) is 13.0 Å². The van der Waals surface area contributed by atoms with Gasteiger partial charge in [-0.15, -0.1) is 0 Å². The molecule has 2 aromatic carbocycles. The lowest BCUT2D eigenvalue weighted by Gasteiger charge is -2.17. The number of nitrogens with one attached hydrogen (secondary N) is 4. The maximum Gasteiger partial charge on any atom is 0.387 e. The van der Waals surface area contributed by atoms with Crippen LogP contribution in [0.25, 0.3) is 22.4 Å². The summed E-state index contributed by atoms with van der Waals surface area (Å²) in [5, 5.41) is 21.4. The largest absolute Gasteiger partial charge is 0.434 e. The first-order chi connectivity index (χ1) is 22.2. The number of aromatic nitrogens is 2. The highest BCUT2D eigenvalue weighted by Gasteiger charge is 2.21. The van der Waals surface area contributed by atoms with Crippen molar-refractivity contribution in [3.05, 3.63) is 88.5 Å².